The second-order valence-corrected chi connectivity index (χ2v) is 10.5. The molecule has 0 bridgehead atoms. The number of hydrazone groups is 1. The lowest BCUT2D eigenvalue weighted by Crippen LogP contribution is -2.19. The van der Waals surface area contributed by atoms with Crippen molar-refractivity contribution in [3.05, 3.63) is 52.5 Å². The number of carbonyl (C=O) groups is 2. The molecular weight excluding hydrogens is 532 g/mol. The Bertz CT molecular complexity index is 1180. The van der Waals surface area contributed by atoms with Crippen LogP contribution < -0.4 is 19.6 Å². The maximum Gasteiger partial charge on any atom is 0.308 e. The lowest BCUT2D eigenvalue weighted by molar-refractivity contribution is -0.132. The number of aromatic nitrogens is 2. The molecule has 0 spiro atoms. The van der Waals surface area contributed by atoms with E-state index in [1.807, 2.05) is 24.3 Å². The molecule has 9 nitrogen and oxygen atoms in total. The van der Waals surface area contributed by atoms with Crippen molar-refractivity contribution >= 4 is 64.6 Å². The van der Waals surface area contributed by atoms with Gasteiger partial charge in [0.25, 0.3) is 5.91 Å². The summed E-state index contributed by atoms with van der Waals surface area (Å²) >= 11 is 10.2. The van der Waals surface area contributed by atoms with Crippen molar-refractivity contribution in [3.63, 3.8) is 0 Å². The van der Waals surface area contributed by atoms with Gasteiger partial charge in [0, 0.05) is 23.3 Å². The highest BCUT2D eigenvalue weighted by Gasteiger charge is 2.16. The van der Waals surface area contributed by atoms with Gasteiger partial charge in [0.15, 0.2) is 20.2 Å². The van der Waals surface area contributed by atoms with Gasteiger partial charge in [-0.1, -0.05) is 58.6 Å². The van der Waals surface area contributed by atoms with Gasteiger partial charge in [-0.15, -0.1) is 10.2 Å². The number of hydrogen-bond donors (Lipinski definition) is 1. The lowest BCUT2D eigenvalue weighted by atomic mass is 10.2. The number of rotatable bonds is 11. The Kier molecular flexibility index (Phi) is 10.2. The molecule has 1 aromatic heterocycles. The van der Waals surface area contributed by atoms with E-state index < -0.39 is 5.97 Å². The first-order valence-corrected chi connectivity index (χ1v) is 13.1. The molecule has 13 heteroatoms. The maximum atomic E-state index is 12.2. The van der Waals surface area contributed by atoms with E-state index in [9.17, 15) is 9.59 Å². The number of carbonyl (C=O) groups excluding carboxylic acids is 2. The van der Waals surface area contributed by atoms with Crippen LogP contribution in [0, 0.1) is 0 Å². The number of nitrogens with one attached hydrogen (secondary N) is 1. The van der Waals surface area contributed by atoms with Crippen LogP contribution in [-0.4, -0.2) is 48.3 Å². The fourth-order valence-corrected chi connectivity index (χ4v) is 5.49. The highest BCUT2D eigenvalue weighted by Crippen LogP contribution is 2.38. The summed E-state index contributed by atoms with van der Waals surface area (Å²) in [6.45, 7) is 1.28. The summed E-state index contributed by atoms with van der Waals surface area (Å²) in [7, 11) is 2.88. The van der Waals surface area contributed by atoms with Gasteiger partial charge < -0.3 is 14.2 Å². The second kappa shape index (κ2) is 13.3. The summed E-state index contributed by atoms with van der Waals surface area (Å²) in [6.07, 6.45) is 1.43. The average Bonchev–Trinajstić information content (AvgIpc) is 3.30. The molecule has 1 heterocycles. The predicted molar refractivity (Wildman–Crippen MR) is 138 cm³/mol. The summed E-state index contributed by atoms with van der Waals surface area (Å²) in [6, 6.07) is 10.9. The molecule has 3 aromatic rings. The van der Waals surface area contributed by atoms with Crippen molar-refractivity contribution in [2.75, 3.05) is 20.0 Å². The Morgan fingerprint density at radius 2 is 1.71 bits per heavy atom. The van der Waals surface area contributed by atoms with Gasteiger partial charge >= 0.3 is 5.97 Å². The van der Waals surface area contributed by atoms with E-state index in [-0.39, 0.29) is 17.4 Å². The van der Waals surface area contributed by atoms with E-state index in [0.29, 0.717) is 26.4 Å². The number of hydrogen-bond acceptors (Lipinski definition) is 11. The molecular formula is C22H21ClN4O5S3. The number of esters is 1. The van der Waals surface area contributed by atoms with Gasteiger partial charge in [-0.05, 0) is 29.8 Å². The summed E-state index contributed by atoms with van der Waals surface area (Å²) < 4.78 is 17.2. The second-order valence-electron chi connectivity index (χ2n) is 6.68. The third-order valence-corrected chi connectivity index (χ3v) is 7.63. The van der Waals surface area contributed by atoms with Crippen molar-refractivity contribution < 1.29 is 23.8 Å². The average molecular weight is 553 g/mol. The summed E-state index contributed by atoms with van der Waals surface area (Å²) in [5.74, 6) is 0.841. The molecule has 0 aliphatic heterocycles. The Morgan fingerprint density at radius 1 is 1.09 bits per heavy atom. The van der Waals surface area contributed by atoms with Crippen molar-refractivity contribution in [2.24, 2.45) is 5.10 Å². The van der Waals surface area contributed by atoms with Crippen molar-refractivity contribution in [1.82, 2.24) is 15.6 Å². The molecule has 0 radical (unpaired) electrons. The zero-order valence-corrected chi connectivity index (χ0v) is 22.1. The number of methoxy groups -OCH3 is 2. The zero-order chi connectivity index (χ0) is 25.2. The third-order valence-electron chi connectivity index (χ3n) is 4.12. The fraction of sp³-hybridized carbons (Fsp3) is 0.227. The first kappa shape index (κ1) is 26.8. The van der Waals surface area contributed by atoms with Crippen LogP contribution in [0.1, 0.15) is 18.1 Å². The quantitative estimate of drug-likeness (QED) is 0.119. The van der Waals surface area contributed by atoms with Crippen LogP contribution in [0.15, 0.2) is 50.2 Å². The van der Waals surface area contributed by atoms with Crippen LogP contribution >= 0.6 is 46.5 Å². The summed E-state index contributed by atoms with van der Waals surface area (Å²) in [5.41, 5.74) is 4.18. The Hall–Kier alpha value is -2.80. The molecule has 0 aliphatic rings. The van der Waals surface area contributed by atoms with Crippen molar-refractivity contribution in [2.45, 2.75) is 21.4 Å². The molecule has 2 aromatic carbocycles. The number of amides is 1. The molecule has 1 N–H and O–H groups in total. The normalized spacial score (nSPS) is 10.9. The maximum absolute atomic E-state index is 12.2. The van der Waals surface area contributed by atoms with Crippen molar-refractivity contribution in [3.8, 4) is 17.2 Å². The Balaban J connectivity index is 1.49. The SMILES string of the molecule is COc1cc(/C=N/NC(=O)CSc2nnc(SCc3ccc(Cl)cc3)s2)cc(OC)c1OC(C)=O. The molecule has 1 amide bonds. The van der Waals surface area contributed by atoms with Crippen LogP contribution in [0.5, 0.6) is 17.2 Å². The largest absolute Gasteiger partial charge is 0.493 e. The van der Waals surface area contributed by atoms with E-state index in [4.69, 9.17) is 25.8 Å². The van der Waals surface area contributed by atoms with Gasteiger partial charge in [0.05, 0.1) is 26.2 Å². The number of thioether (sulfide) groups is 2. The number of halogens is 1. The minimum absolute atomic E-state index is 0.131. The topological polar surface area (TPSA) is 112 Å². The summed E-state index contributed by atoms with van der Waals surface area (Å²) in [5, 5.41) is 12.9. The first-order chi connectivity index (χ1) is 16.9. The molecule has 0 saturated heterocycles. The number of benzene rings is 2. The van der Waals surface area contributed by atoms with Crippen LogP contribution in [0.4, 0.5) is 0 Å². The van der Waals surface area contributed by atoms with E-state index in [2.05, 4.69) is 20.7 Å². The minimum atomic E-state index is -0.504. The van der Waals surface area contributed by atoms with Crippen LogP contribution in [-0.2, 0) is 15.3 Å². The fourth-order valence-electron chi connectivity index (χ4n) is 2.60. The smallest absolute Gasteiger partial charge is 0.308 e. The highest BCUT2D eigenvalue weighted by atomic mass is 35.5. The van der Waals surface area contributed by atoms with E-state index in [1.54, 1.807) is 23.9 Å². The van der Waals surface area contributed by atoms with Gasteiger partial charge in [-0.25, -0.2) is 5.43 Å². The third kappa shape index (κ3) is 8.42. The standard InChI is InChI=1S/C22H21ClN4O5S3/c1-13(28)32-20-17(30-2)8-15(9-18(20)31-3)10-24-25-19(29)12-34-22-27-26-21(35-22)33-11-14-4-6-16(23)7-5-14/h4-10H,11-12H2,1-3H3,(H,25,29)/b24-10+. The molecule has 0 atom stereocenters. The molecule has 184 valence electrons. The number of nitrogens with zero attached hydrogens (tertiary/aromatic N) is 3. The van der Waals surface area contributed by atoms with E-state index >= 15 is 0 Å². The molecule has 0 fully saturated rings. The van der Waals surface area contributed by atoms with Gasteiger partial charge in [0.2, 0.25) is 5.75 Å². The monoisotopic (exact) mass is 552 g/mol. The van der Waals surface area contributed by atoms with Gasteiger partial charge in [-0.3, -0.25) is 9.59 Å². The lowest BCUT2D eigenvalue weighted by Gasteiger charge is -2.13. The molecule has 0 aliphatic carbocycles. The van der Waals surface area contributed by atoms with Gasteiger partial charge in [0.1, 0.15) is 0 Å². The van der Waals surface area contributed by atoms with E-state index in [0.717, 1.165) is 15.7 Å². The molecule has 35 heavy (non-hydrogen) atoms. The van der Waals surface area contributed by atoms with Crippen LogP contribution in [0.3, 0.4) is 0 Å². The predicted octanol–water partition coefficient (Wildman–Crippen LogP) is 4.67. The van der Waals surface area contributed by atoms with E-state index in [1.165, 1.54) is 50.5 Å². The van der Waals surface area contributed by atoms with Crippen molar-refractivity contribution in [1.29, 1.82) is 0 Å². The molecule has 0 unspecified atom stereocenters. The Labute approximate surface area is 219 Å². The molecule has 0 saturated carbocycles. The highest BCUT2D eigenvalue weighted by molar-refractivity contribution is 8.03. The number of ether oxygens (including phenoxy) is 3. The van der Waals surface area contributed by atoms with Crippen LogP contribution in [0.2, 0.25) is 5.02 Å². The van der Waals surface area contributed by atoms with Crippen LogP contribution in [0.25, 0.3) is 0 Å². The minimum Gasteiger partial charge on any atom is -0.493 e. The van der Waals surface area contributed by atoms with Gasteiger partial charge in [-0.2, -0.15) is 5.10 Å². The Morgan fingerprint density at radius 3 is 2.31 bits per heavy atom. The summed E-state index contributed by atoms with van der Waals surface area (Å²) in [4.78, 5) is 23.5. The zero-order valence-electron chi connectivity index (χ0n) is 18.9. The molecule has 3 rings (SSSR count). The first-order valence-electron chi connectivity index (χ1n) is 9.97.